The Morgan fingerprint density at radius 3 is 2.79 bits per heavy atom. The third kappa shape index (κ3) is 5.08. The first-order chi connectivity index (χ1) is 16.5. The van der Waals surface area contributed by atoms with E-state index < -0.39 is 6.04 Å². The minimum Gasteiger partial charge on any atom is -0.497 e. The fraction of sp³-hybridized carbons (Fsp3) is 0.320. The van der Waals surface area contributed by atoms with Gasteiger partial charge in [-0.1, -0.05) is 41.0 Å². The fourth-order valence-electron chi connectivity index (χ4n) is 3.95. The number of aromatic nitrogens is 2. The smallest absolute Gasteiger partial charge is 0.322 e. The maximum Gasteiger partial charge on any atom is 0.322 e. The molecule has 9 heteroatoms. The highest BCUT2D eigenvalue weighted by atomic mass is 35.5. The topological polar surface area (TPSA) is 89.7 Å². The van der Waals surface area contributed by atoms with Gasteiger partial charge in [0.1, 0.15) is 5.75 Å². The average Bonchev–Trinajstić information content (AvgIpc) is 3.33. The minimum absolute atomic E-state index is 0.194. The molecule has 0 spiro atoms. The van der Waals surface area contributed by atoms with Gasteiger partial charge in [0.2, 0.25) is 5.82 Å². The lowest BCUT2D eigenvalue weighted by Gasteiger charge is -2.35. The van der Waals surface area contributed by atoms with Crippen molar-refractivity contribution in [3.05, 3.63) is 70.7 Å². The Balaban J connectivity index is 1.75. The second-order valence-corrected chi connectivity index (χ2v) is 8.23. The first-order valence-corrected chi connectivity index (χ1v) is 11.5. The fourth-order valence-corrected chi connectivity index (χ4v) is 4.14. The van der Waals surface area contributed by atoms with E-state index >= 15 is 0 Å². The summed E-state index contributed by atoms with van der Waals surface area (Å²) in [5.74, 6) is 1.44. The zero-order chi connectivity index (χ0) is 24.1. The molecule has 2 aromatic carbocycles. The Morgan fingerprint density at radius 2 is 2.03 bits per heavy atom. The van der Waals surface area contributed by atoms with Crippen molar-refractivity contribution in [3.63, 3.8) is 0 Å². The van der Waals surface area contributed by atoms with Gasteiger partial charge in [0, 0.05) is 36.0 Å². The van der Waals surface area contributed by atoms with Crippen LogP contribution < -0.4 is 10.1 Å². The maximum atomic E-state index is 13.1. The van der Waals surface area contributed by atoms with Crippen LogP contribution in [0.1, 0.15) is 37.8 Å². The Labute approximate surface area is 203 Å². The highest BCUT2D eigenvalue weighted by molar-refractivity contribution is 6.30. The monoisotopic (exact) mass is 482 g/mol. The Morgan fingerprint density at radius 1 is 1.21 bits per heavy atom. The average molecular weight is 483 g/mol. The third-order valence-corrected chi connectivity index (χ3v) is 5.87. The molecule has 3 aromatic rings. The van der Waals surface area contributed by atoms with Gasteiger partial charge in [0.25, 0.3) is 5.89 Å². The highest BCUT2D eigenvalue weighted by Crippen LogP contribution is 2.38. The van der Waals surface area contributed by atoms with E-state index in [2.05, 4.69) is 15.5 Å². The van der Waals surface area contributed by atoms with Crippen LogP contribution in [-0.2, 0) is 4.74 Å². The van der Waals surface area contributed by atoms with Crippen molar-refractivity contribution >= 4 is 23.2 Å². The Kier molecular flexibility index (Phi) is 7.49. The summed E-state index contributed by atoms with van der Waals surface area (Å²) in [6.07, 6.45) is 0.702. The van der Waals surface area contributed by atoms with E-state index in [0.717, 1.165) is 22.4 Å². The van der Waals surface area contributed by atoms with Gasteiger partial charge in [-0.05, 0) is 50.1 Å². The number of halogens is 1. The summed E-state index contributed by atoms with van der Waals surface area (Å²) in [5, 5.41) is 7.85. The molecular formula is C25H27ClN4O4. The first-order valence-electron chi connectivity index (χ1n) is 11.1. The van der Waals surface area contributed by atoms with Crippen LogP contribution in [0.5, 0.6) is 5.75 Å². The normalized spacial score (nSPS) is 16.1. The van der Waals surface area contributed by atoms with Crippen LogP contribution in [0, 0.1) is 0 Å². The predicted octanol–water partition coefficient (Wildman–Crippen LogP) is 5.32. The molecule has 1 unspecified atom stereocenters. The van der Waals surface area contributed by atoms with Gasteiger partial charge >= 0.3 is 6.03 Å². The number of allylic oxidation sites excluding steroid dienone is 1. The summed E-state index contributed by atoms with van der Waals surface area (Å²) in [7, 11) is 1.61. The molecule has 8 nitrogen and oxygen atoms in total. The molecule has 0 aliphatic carbocycles. The molecule has 0 saturated carbocycles. The van der Waals surface area contributed by atoms with Crippen molar-refractivity contribution in [2.45, 2.75) is 26.3 Å². The van der Waals surface area contributed by atoms with Crippen LogP contribution in [0.4, 0.5) is 4.79 Å². The molecule has 1 N–H and O–H groups in total. The van der Waals surface area contributed by atoms with Gasteiger partial charge in [0.15, 0.2) is 0 Å². The SMILES string of the molecule is CCOCCCN1C(=O)NC(c2cccc(OC)c2)C(c2nc(-c3cccc(Cl)c3)no2)=C1C. The molecule has 0 saturated heterocycles. The molecule has 1 aliphatic rings. The van der Waals surface area contributed by atoms with E-state index in [0.29, 0.717) is 48.7 Å². The Bertz CT molecular complexity index is 1190. The quantitative estimate of drug-likeness (QED) is 0.415. The van der Waals surface area contributed by atoms with E-state index in [9.17, 15) is 4.79 Å². The van der Waals surface area contributed by atoms with E-state index in [1.165, 1.54) is 0 Å². The molecule has 178 valence electrons. The van der Waals surface area contributed by atoms with Gasteiger partial charge < -0.3 is 19.3 Å². The number of amides is 2. The van der Waals surface area contributed by atoms with Crippen molar-refractivity contribution in [2.24, 2.45) is 0 Å². The van der Waals surface area contributed by atoms with Crippen LogP contribution >= 0.6 is 11.6 Å². The number of hydrogen-bond acceptors (Lipinski definition) is 6. The second-order valence-electron chi connectivity index (χ2n) is 7.79. The number of methoxy groups -OCH3 is 1. The Hall–Kier alpha value is -3.36. The van der Waals surface area contributed by atoms with Crippen LogP contribution in [0.25, 0.3) is 17.0 Å². The number of nitrogens with zero attached hydrogens (tertiary/aromatic N) is 3. The molecule has 1 aliphatic heterocycles. The molecule has 0 fully saturated rings. The maximum absolute atomic E-state index is 13.1. The van der Waals surface area contributed by atoms with Gasteiger partial charge in [-0.15, -0.1) is 0 Å². The van der Waals surface area contributed by atoms with Crippen LogP contribution in [-0.4, -0.2) is 47.9 Å². The highest BCUT2D eigenvalue weighted by Gasteiger charge is 2.35. The molecule has 2 amide bonds. The molecule has 1 aromatic heterocycles. The van der Waals surface area contributed by atoms with Gasteiger partial charge in [-0.25, -0.2) is 4.79 Å². The number of hydrogen-bond donors (Lipinski definition) is 1. The van der Waals surface area contributed by atoms with Gasteiger partial charge in [0.05, 0.1) is 18.7 Å². The van der Waals surface area contributed by atoms with Crippen molar-refractivity contribution < 1.29 is 18.8 Å². The summed E-state index contributed by atoms with van der Waals surface area (Å²) in [6, 6.07) is 14.1. The lowest BCUT2D eigenvalue weighted by Crippen LogP contribution is -2.46. The van der Waals surface area contributed by atoms with Gasteiger partial charge in [-0.2, -0.15) is 4.98 Å². The van der Waals surface area contributed by atoms with Crippen molar-refractivity contribution in [2.75, 3.05) is 26.9 Å². The molecular weight excluding hydrogens is 456 g/mol. The lowest BCUT2D eigenvalue weighted by molar-refractivity contribution is 0.136. The van der Waals surface area contributed by atoms with E-state index in [-0.39, 0.29) is 6.03 Å². The van der Waals surface area contributed by atoms with Gasteiger partial charge in [-0.3, -0.25) is 4.90 Å². The van der Waals surface area contributed by atoms with E-state index in [1.54, 1.807) is 24.1 Å². The number of ether oxygens (including phenoxy) is 2. The second kappa shape index (κ2) is 10.7. The number of carbonyl (C=O) groups is 1. The molecule has 4 rings (SSSR count). The zero-order valence-electron chi connectivity index (χ0n) is 19.4. The predicted molar refractivity (Wildman–Crippen MR) is 129 cm³/mol. The summed E-state index contributed by atoms with van der Waals surface area (Å²) >= 11 is 6.14. The van der Waals surface area contributed by atoms with E-state index in [4.69, 9.17) is 25.6 Å². The first kappa shape index (κ1) is 23.8. The van der Waals surface area contributed by atoms with E-state index in [1.807, 2.05) is 50.2 Å². The number of carbonyl (C=O) groups excluding carboxylic acids is 1. The number of benzene rings is 2. The largest absolute Gasteiger partial charge is 0.497 e. The molecule has 0 bridgehead atoms. The van der Waals surface area contributed by atoms with Crippen molar-refractivity contribution in [3.8, 4) is 17.1 Å². The van der Waals surface area contributed by atoms with Crippen LogP contribution in [0.15, 0.2) is 58.8 Å². The van der Waals surface area contributed by atoms with Crippen molar-refractivity contribution in [1.29, 1.82) is 0 Å². The zero-order valence-corrected chi connectivity index (χ0v) is 20.1. The summed E-state index contributed by atoms with van der Waals surface area (Å²) in [5.41, 5.74) is 3.06. The molecule has 34 heavy (non-hydrogen) atoms. The summed E-state index contributed by atoms with van der Waals surface area (Å²) in [4.78, 5) is 19.4. The lowest BCUT2D eigenvalue weighted by atomic mass is 9.94. The summed E-state index contributed by atoms with van der Waals surface area (Å²) in [6.45, 7) is 5.55. The number of urea groups is 1. The van der Waals surface area contributed by atoms with Crippen LogP contribution in [0.2, 0.25) is 5.02 Å². The number of rotatable bonds is 9. The number of nitrogens with one attached hydrogen (secondary N) is 1. The molecule has 0 radical (unpaired) electrons. The standard InChI is InChI=1S/C25H27ClN4O4/c1-4-33-13-7-12-30-16(2)21(22(27-25(30)31)17-8-6-11-20(15-17)32-3)24-28-23(29-34-24)18-9-5-10-19(26)14-18/h5-6,8-11,14-15,22H,4,7,12-13H2,1-3H3,(H,27,31). The minimum atomic E-state index is -0.488. The van der Waals surface area contributed by atoms with Crippen LogP contribution in [0.3, 0.4) is 0 Å². The summed E-state index contributed by atoms with van der Waals surface area (Å²) < 4.78 is 16.5. The van der Waals surface area contributed by atoms with Crippen molar-refractivity contribution in [1.82, 2.24) is 20.4 Å². The molecule has 2 heterocycles. The molecule has 1 atom stereocenters. The third-order valence-electron chi connectivity index (χ3n) is 5.64.